The molecule has 35 heavy (non-hydrogen) atoms. The molecule has 2 N–H and O–H groups in total. The van der Waals surface area contributed by atoms with E-state index in [9.17, 15) is 19.8 Å². The Morgan fingerprint density at radius 3 is 2.40 bits per heavy atom. The van der Waals surface area contributed by atoms with E-state index in [1.54, 1.807) is 43.3 Å². The van der Waals surface area contributed by atoms with Crippen LogP contribution in [0.3, 0.4) is 0 Å². The first kappa shape index (κ1) is 26.1. The van der Waals surface area contributed by atoms with Gasteiger partial charge in [0, 0.05) is 18.7 Å². The summed E-state index contributed by atoms with van der Waals surface area (Å²) in [5.74, 6) is -0.814. The molecule has 1 saturated heterocycles. The molecule has 0 aromatic heterocycles. The Labute approximate surface area is 206 Å². The van der Waals surface area contributed by atoms with Crippen LogP contribution in [0.1, 0.15) is 43.9 Å². The minimum atomic E-state index is -0.824. The van der Waals surface area contributed by atoms with Crippen molar-refractivity contribution in [2.45, 2.75) is 32.7 Å². The van der Waals surface area contributed by atoms with Crippen LogP contribution in [0, 0.1) is 0 Å². The van der Waals surface area contributed by atoms with E-state index < -0.39 is 17.7 Å². The Bertz CT molecular complexity index is 1080. The summed E-state index contributed by atoms with van der Waals surface area (Å²) in [4.78, 5) is 29.6. The number of hydrogen-bond acceptors (Lipinski definition) is 7. The van der Waals surface area contributed by atoms with Crippen molar-refractivity contribution in [1.82, 2.24) is 9.80 Å². The number of phenols is 1. The lowest BCUT2D eigenvalue weighted by Crippen LogP contribution is -2.35. The quantitative estimate of drug-likeness (QED) is 0.216. The summed E-state index contributed by atoms with van der Waals surface area (Å²) >= 11 is 0. The third-order valence-electron chi connectivity index (χ3n) is 5.82. The number of nitrogens with zero attached hydrogens (tertiary/aromatic N) is 2. The van der Waals surface area contributed by atoms with Crippen LogP contribution in [0.15, 0.2) is 48.0 Å². The molecule has 0 radical (unpaired) electrons. The van der Waals surface area contributed by atoms with Gasteiger partial charge in [-0.15, -0.1) is 0 Å². The molecule has 0 saturated carbocycles. The zero-order valence-electron chi connectivity index (χ0n) is 20.8. The van der Waals surface area contributed by atoms with Crippen molar-refractivity contribution in [3.05, 3.63) is 59.2 Å². The number of ketones is 1. The number of ether oxygens (including phenoxy) is 2. The lowest BCUT2D eigenvalue weighted by Gasteiger charge is -2.27. The molecule has 3 rings (SSSR count). The number of rotatable bonds is 11. The number of amides is 1. The molecule has 188 valence electrons. The number of phenolic OH excluding ortho intramolecular Hbond substituents is 1. The minimum Gasteiger partial charge on any atom is -0.507 e. The van der Waals surface area contributed by atoms with Crippen molar-refractivity contribution in [1.29, 1.82) is 0 Å². The number of unbranched alkanes of at least 4 members (excludes halogenated alkanes) is 1. The van der Waals surface area contributed by atoms with Crippen molar-refractivity contribution in [2.75, 3.05) is 40.4 Å². The topological polar surface area (TPSA) is 99.5 Å². The molecule has 1 aliphatic heterocycles. The molecule has 1 aliphatic rings. The molecule has 1 unspecified atom stereocenters. The predicted molar refractivity (Wildman–Crippen MR) is 134 cm³/mol. The second-order valence-corrected chi connectivity index (χ2v) is 8.68. The van der Waals surface area contributed by atoms with Crippen LogP contribution in [-0.4, -0.2) is 72.1 Å². The van der Waals surface area contributed by atoms with Crippen molar-refractivity contribution in [3.63, 3.8) is 0 Å². The highest BCUT2D eigenvalue weighted by molar-refractivity contribution is 6.46. The zero-order chi connectivity index (χ0) is 25.5. The van der Waals surface area contributed by atoms with Gasteiger partial charge < -0.3 is 29.5 Å². The van der Waals surface area contributed by atoms with Crippen LogP contribution in [0.4, 0.5) is 0 Å². The Morgan fingerprint density at radius 2 is 1.77 bits per heavy atom. The van der Waals surface area contributed by atoms with E-state index in [1.807, 2.05) is 19.0 Å². The van der Waals surface area contributed by atoms with E-state index in [0.717, 1.165) is 12.8 Å². The maximum atomic E-state index is 13.1. The molecule has 1 atom stereocenters. The van der Waals surface area contributed by atoms with Gasteiger partial charge in [-0.05, 0) is 69.4 Å². The van der Waals surface area contributed by atoms with Crippen LogP contribution in [0.25, 0.3) is 5.76 Å². The van der Waals surface area contributed by atoms with Crippen molar-refractivity contribution in [2.24, 2.45) is 0 Å². The Hall–Kier alpha value is -3.52. The highest BCUT2D eigenvalue weighted by Crippen LogP contribution is 2.41. The summed E-state index contributed by atoms with van der Waals surface area (Å²) in [6.07, 6.45) is 1.96. The summed E-state index contributed by atoms with van der Waals surface area (Å²) in [6.45, 7) is 5.63. The number of aromatic hydroxyl groups is 1. The monoisotopic (exact) mass is 482 g/mol. The standard InChI is InChI=1S/C27H34N2O6/c1-5-7-16-35-20-11-8-18(9-12-20)25(31)23-24(19-10-13-21(30)22(17-19)34-6-2)29(15-14-28(3)4)27(33)26(23)32/h8-13,17,24,30-31H,5-7,14-16H2,1-4H3/b25-23+. The molecular formula is C27H34N2O6. The minimum absolute atomic E-state index is 0.00143. The van der Waals surface area contributed by atoms with Gasteiger partial charge >= 0.3 is 0 Å². The maximum absolute atomic E-state index is 13.1. The molecule has 0 bridgehead atoms. The third-order valence-corrected chi connectivity index (χ3v) is 5.82. The van der Waals surface area contributed by atoms with E-state index in [2.05, 4.69) is 6.92 Å². The van der Waals surface area contributed by atoms with Crippen molar-refractivity contribution >= 4 is 17.4 Å². The lowest BCUT2D eigenvalue weighted by atomic mass is 9.95. The fourth-order valence-electron chi connectivity index (χ4n) is 3.94. The molecule has 1 heterocycles. The number of Topliss-reactive ketones (excluding diaryl/α,β-unsaturated/α-hetero) is 1. The molecule has 0 aliphatic carbocycles. The third kappa shape index (κ3) is 5.95. The first-order valence-electron chi connectivity index (χ1n) is 11.9. The van der Waals surface area contributed by atoms with Crippen LogP contribution >= 0.6 is 0 Å². The van der Waals surface area contributed by atoms with Crippen LogP contribution in [-0.2, 0) is 9.59 Å². The summed E-state index contributed by atoms with van der Waals surface area (Å²) < 4.78 is 11.2. The summed E-state index contributed by atoms with van der Waals surface area (Å²) in [5.41, 5.74) is 0.971. The van der Waals surface area contributed by atoms with Gasteiger partial charge in [-0.2, -0.15) is 0 Å². The Morgan fingerprint density at radius 1 is 1.06 bits per heavy atom. The number of carbonyl (C=O) groups is 2. The maximum Gasteiger partial charge on any atom is 0.295 e. The molecule has 8 nitrogen and oxygen atoms in total. The second kappa shape index (κ2) is 11.8. The van der Waals surface area contributed by atoms with Crippen molar-refractivity contribution in [3.8, 4) is 17.2 Å². The first-order chi connectivity index (χ1) is 16.8. The molecular weight excluding hydrogens is 448 g/mol. The molecule has 2 aromatic rings. The Kier molecular flexibility index (Phi) is 8.76. The largest absolute Gasteiger partial charge is 0.507 e. The van der Waals surface area contributed by atoms with Gasteiger partial charge in [0.25, 0.3) is 11.7 Å². The fraction of sp³-hybridized carbons (Fsp3) is 0.407. The number of likely N-dealkylation sites (tertiary alicyclic amines) is 1. The lowest BCUT2D eigenvalue weighted by molar-refractivity contribution is -0.140. The van der Waals surface area contributed by atoms with E-state index in [-0.39, 0.29) is 29.4 Å². The number of aliphatic hydroxyl groups is 1. The predicted octanol–water partition coefficient (Wildman–Crippen LogP) is 3.95. The van der Waals surface area contributed by atoms with Gasteiger partial charge in [-0.25, -0.2) is 0 Å². The molecule has 1 amide bonds. The van der Waals surface area contributed by atoms with Crippen LogP contribution < -0.4 is 9.47 Å². The normalized spacial score (nSPS) is 17.3. The van der Waals surface area contributed by atoms with E-state index in [0.29, 0.717) is 36.6 Å². The van der Waals surface area contributed by atoms with Gasteiger partial charge in [-0.1, -0.05) is 19.4 Å². The van der Waals surface area contributed by atoms with Crippen LogP contribution in [0.5, 0.6) is 17.2 Å². The second-order valence-electron chi connectivity index (χ2n) is 8.68. The van der Waals surface area contributed by atoms with Gasteiger partial charge in [0.2, 0.25) is 0 Å². The van der Waals surface area contributed by atoms with Crippen molar-refractivity contribution < 1.29 is 29.3 Å². The highest BCUT2D eigenvalue weighted by atomic mass is 16.5. The van der Waals surface area contributed by atoms with Gasteiger partial charge in [0.15, 0.2) is 11.5 Å². The van der Waals surface area contributed by atoms with E-state index in [1.165, 1.54) is 11.0 Å². The van der Waals surface area contributed by atoms with Crippen LogP contribution in [0.2, 0.25) is 0 Å². The zero-order valence-corrected chi connectivity index (χ0v) is 20.8. The molecule has 0 spiro atoms. The smallest absolute Gasteiger partial charge is 0.295 e. The molecule has 8 heteroatoms. The summed E-state index contributed by atoms with van der Waals surface area (Å²) in [7, 11) is 3.76. The van der Waals surface area contributed by atoms with E-state index in [4.69, 9.17) is 9.47 Å². The fourth-order valence-corrected chi connectivity index (χ4v) is 3.94. The average Bonchev–Trinajstić information content (AvgIpc) is 3.09. The number of likely N-dealkylation sites (N-methyl/N-ethyl adjacent to an activating group) is 1. The number of carbonyl (C=O) groups excluding carboxylic acids is 2. The molecule has 1 fully saturated rings. The molecule has 2 aromatic carbocycles. The van der Waals surface area contributed by atoms with Gasteiger partial charge in [0.05, 0.1) is 24.8 Å². The van der Waals surface area contributed by atoms with Gasteiger partial charge in [0.1, 0.15) is 11.5 Å². The number of hydrogen-bond donors (Lipinski definition) is 2. The Balaban J connectivity index is 2.06. The first-order valence-corrected chi connectivity index (χ1v) is 11.9. The van der Waals surface area contributed by atoms with Gasteiger partial charge in [-0.3, -0.25) is 9.59 Å². The number of benzene rings is 2. The summed E-state index contributed by atoms with van der Waals surface area (Å²) in [6, 6.07) is 10.7. The number of aliphatic hydroxyl groups excluding tert-OH is 1. The average molecular weight is 483 g/mol. The SMILES string of the molecule is CCCCOc1ccc(/C(O)=C2\C(=O)C(=O)N(CCN(C)C)C2c2ccc(O)c(OCC)c2)cc1. The summed E-state index contributed by atoms with van der Waals surface area (Å²) in [5, 5.41) is 21.4. The highest BCUT2D eigenvalue weighted by Gasteiger charge is 2.46. The van der Waals surface area contributed by atoms with E-state index >= 15 is 0 Å².